The predicted molar refractivity (Wildman–Crippen MR) is 68.0 cm³/mol. The summed E-state index contributed by atoms with van der Waals surface area (Å²) in [5.41, 5.74) is 5.39. The first-order chi connectivity index (χ1) is 8.62. The topological polar surface area (TPSA) is 74.2 Å². The van der Waals surface area contributed by atoms with Gasteiger partial charge in [-0.1, -0.05) is 30.8 Å². The Kier molecular flexibility index (Phi) is 4.35. The molecule has 1 fully saturated rings. The number of methoxy groups -OCH3 is 1. The average molecular weight is 253 g/mol. The molecule has 1 atom stereocenters. The van der Waals surface area contributed by atoms with Gasteiger partial charge in [0.15, 0.2) is 5.82 Å². The summed E-state index contributed by atoms with van der Waals surface area (Å²) in [4.78, 5) is 4.38. The van der Waals surface area contributed by atoms with Crippen molar-refractivity contribution in [3.63, 3.8) is 0 Å². The van der Waals surface area contributed by atoms with E-state index >= 15 is 0 Å². The third kappa shape index (κ3) is 3.29. The highest BCUT2D eigenvalue weighted by molar-refractivity contribution is 5.01. The summed E-state index contributed by atoms with van der Waals surface area (Å²) in [6.07, 6.45) is 7.44. The molecule has 0 amide bonds. The maximum atomic E-state index is 6.07. The van der Waals surface area contributed by atoms with Gasteiger partial charge in [0.05, 0.1) is 6.61 Å². The van der Waals surface area contributed by atoms with Crippen molar-refractivity contribution in [3.8, 4) is 0 Å². The molecule has 1 aromatic rings. The number of rotatable bonds is 6. The lowest BCUT2D eigenvalue weighted by atomic mass is 10.0. The van der Waals surface area contributed by atoms with Gasteiger partial charge in [-0.05, 0) is 19.3 Å². The minimum atomic E-state index is -0.677. The molecule has 1 aliphatic carbocycles. The normalized spacial score (nSPS) is 20.2. The second-order valence-electron chi connectivity index (χ2n) is 5.55. The predicted octanol–water partition coefficient (Wildman–Crippen LogP) is 2.01. The van der Waals surface area contributed by atoms with Crippen LogP contribution in [-0.2, 0) is 16.7 Å². The average Bonchev–Trinajstić information content (AvgIpc) is 2.98. The number of nitrogens with zero attached hydrogens (tertiary/aromatic N) is 2. The Hall–Kier alpha value is -0.940. The van der Waals surface area contributed by atoms with Crippen molar-refractivity contribution < 1.29 is 9.26 Å². The summed E-state index contributed by atoms with van der Waals surface area (Å²) >= 11 is 0. The molecule has 0 radical (unpaired) electrons. The van der Waals surface area contributed by atoms with Crippen LogP contribution in [-0.4, -0.2) is 23.9 Å². The van der Waals surface area contributed by atoms with Gasteiger partial charge >= 0.3 is 0 Å². The summed E-state index contributed by atoms with van der Waals surface area (Å²) in [6.45, 7) is 2.23. The molecule has 0 bridgehead atoms. The standard InChI is InChI=1S/C13H23N3O2/c1-13(14,9-17-2)12-15-11(18-16-12)8-7-10-5-3-4-6-10/h10H,3-9,14H2,1-2H3. The van der Waals surface area contributed by atoms with E-state index in [0.29, 0.717) is 18.3 Å². The van der Waals surface area contributed by atoms with Crippen molar-refractivity contribution in [2.75, 3.05) is 13.7 Å². The van der Waals surface area contributed by atoms with Crippen LogP contribution in [0.15, 0.2) is 4.52 Å². The van der Waals surface area contributed by atoms with Crippen molar-refractivity contribution in [2.45, 2.75) is 51.0 Å². The van der Waals surface area contributed by atoms with Gasteiger partial charge in [0.25, 0.3) is 0 Å². The molecule has 5 heteroatoms. The number of aromatic nitrogens is 2. The molecule has 2 N–H and O–H groups in total. The van der Waals surface area contributed by atoms with E-state index in [1.165, 1.54) is 25.7 Å². The molecule has 1 heterocycles. The second-order valence-corrected chi connectivity index (χ2v) is 5.55. The molecular weight excluding hydrogens is 230 g/mol. The van der Waals surface area contributed by atoms with Gasteiger partial charge in [-0.25, -0.2) is 0 Å². The van der Waals surface area contributed by atoms with Crippen molar-refractivity contribution in [3.05, 3.63) is 11.7 Å². The summed E-state index contributed by atoms with van der Waals surface area (Å²) in [5.74, 6) is 2.07. The molecule has 1 saturated carbocycles. The molecule has 2 rings (SSSR count). The Balaban J connectivity index is 1.89. The molecule has 1 unspecified atom stereocenters. The van der Waals surface area contributed by atoms with Gasteiger partial charge in [-0.2, -0.15) is 4.98 Å². The van der Waals surface area contributed by atoms with Crippen LogP contribution in [0.2, 0.25) is 0 Å². The first-order valence-electron chi connectivity index (χ1n) is 6.72. The van der Waals surface area contributed by atoms with Crippen molar-refractivity contribution in [1.82, 2.24) is 10.1 Å². The monoisotopic (exact) mass is 253 g/mol. The molecule has 102 valence electrons. The quantitative estimate of drug-likeness (QED) is 0.839. The molecule has 1 aliphatic rings. The van der Waals surface area contributed by atoms with E-state index in [0.717, 1.165) is 18.8 Å². The van der Waals surface area contributed by atoms with Crippen molar-refractivity contribution >= 4 is 0 Å². The Morgan fingerprint density at radius 1 is 1.44 bits per heavy atom. The highest BCUT2D eigenvalue weighted by Crippen LogP contribution is 2.28. The van der Waals surface area contributed by atoms with Gasteiger partial charge in [-0.3, -0.25) is 0 Å². The van der Waals surface area contributed by atoms with Gasteiger partial charge in [0, 0.05) is 13.5 Å². The summed E-state index contributed by atoms with van der Waals surface area (Å²) in [6, 6.07) is 0. The van der Waals surface area contributed by atoms with Crippen LogP contribution < -0.4 is 5.73 Å². The van der Waals surface area contributed by atoms with Crippen molar-refractivity contribution in [2.24, 2.45) is 11.7 Å². The number of nitrogens with two attached hydrogens (primary N) is 1. The van der Waals surface area contributed by atoms with E-state index in [-0.39, 0.29) is 0 Å². The fraction of sp³-hybridized carbons (Fsp3) is 0.846. The lowest BCUT2D eigenvalue weighted by Gasteiger charge is -2.18. The molecule has 0 saturated heterocycles. The van der Waals surface area contributed by atoms with Crippen LogP contribution >= 0.6 is 0 Å². The highest BCUT2D eigenvalue weighted by Gasteiger charge is 2.27. The molecular formula is C13H23N3O2. The van der Waals surface area contributed by atoms with Crippen molar-refractivity contribution in [1.29, 1.82) is 0 Å². The van der Waals surface area contributed by atoms with E-state index in [4.69, 9.17) is 15.0 Å². The van der Waals surface area contributed by atoms with Gasteiger partial charge in [-0.15, -0.1) is 0 Å². The Morgan fingerprint density at radius 2 is 2.17 bits per heavy atom. The van der Waals surface area contributed by atoms with E-state index < -0.39 is 5.54 Å². The summed E-state index contributed by atoms with van der Waals surface area (Å²) in [7, 11) is 1.62. The first-order valence-corrected chi connectivity index (χ1v) is 6.72. The SMILES string of the molecule is COCC(C)(N)c1noc(CCC2CCCC2)n1. The molecule has 1 aromatic heterocycles. The number of hydrogen-bond donors (Lipinski definition) is 1. The Bertz CT molecular complexity index is 370. The second kappa shape index (κ2) is 5.80. The third-order valence-electron chi connectivity index (χ3n) is 3.66. The van der Waals surface area contributed by atoms with Crippen LogP contribution in [0.1, 0.15) is 50.7 Å². The number of aryl methyl sites for hydroxylation is 1. The van der Waals surface area contributed by atoms with E-state index in [9.17, 15) is 0 Å². The maximum absolute atomic E-state index is 6.07. The van der Waals surface area contributed by atoms with Crippen LogP contribution in [0, 0.1) is 5.92 Å². The Morgan fingerprint density at radius 3 is 2.83 bits per heavy atom. The molecule has 0 aliphatic heterocycles. The highest BCUT2D eigenvalue weighted by atomic mass is 16.5. The van der Waals surface area contributed by atoms with Gasteiger partial charge in [0.1, 0.15) is 5.54 Å². The largest absolute Gasteiger partial charge is 0.382 e. The van der Waals surface area contributed by atoms with Gasteiger partial charge < -0.3 is 15.0 Å². The van der Waals surface area contributed by atoms with Crippen LogP contribution in [0.25, 0.3) is 0 Å². The molecule has 18 heavy (non-hydrogen) atoms. The molecule has 0 spiro atoms. The zero-order valence-electron chi connectivity index (χ0n) is 11.3. The van der Waals surface area contributed by atoms with Crippen LogP contribution in [0.4, 0.5) is 0 Å². The number of ether oxygens (including phenoxy) is 1. The van der Waals surface area contributed by atoms with Crippen LogP contribution in [0.5, 0.6) is 0 Å². The van der Waals surface area contributed by atoms with E-state index in [1.807, 2.05) is 6.92 Å². The summed E-state index contributed by atoms with van der Waals surface area (Å²) in [5, 5.41) is 3.96. The fourth-order valence-corrected chi connectivity index (χ4v) is 2.58. The van der Waals surface area contributed by atoms with Crippen LogP contribution in [0.3, 0.4) is 0 Å². The zero-order chi connectivity index (χ0) is 13.0. The lowest BCUT2D eigenvalue weighted by molar-refractivity contribution is 0.135. The van der Waals surface area contributed by atoms with Gasteiger partial charge in [0.2, 0.25) is 5.89 Å². The van der Waals surface area contributed by atoms with E-state index in [1.54, 1.807) is 7.11 Å². The third-order valence-corrected chi connectivity index (χ3v) is 3.66. The fourth-order valence-electron chi connectivity index (χ4n) is 2.58. The van der Waals surface area contributed by atoms with E-state index in [2.05, 4.69) is 10.1 Å². The lowest BCUT2D eigenvalue weighted by Crippen LogP contribution is -2.39. The first kappa shape index (κ1) is 13.5. The summed E-state index contributed by atoms with van der Waals surface area (Å²) < 4.78 is 10.3. The maximum Gasteiger partial charge on any atom is 0.226 e. The Labute approximate surface area is 108 Å². The molecule has 5 nitrogen and oxygen atoms in total. The smallest absolute Gasteiger partial charge is 0.226 e. The molecule has 0 aromatic carbocycles. The number of hydrogen-bond acceptors (Lipinski definition) is 5. The minimum Gasteiger partial charge on any atom is -0.382 e. The minimum absolute atomic E-state index is 0.384. The zero-order valence-corrected chi connectivity index (χ0v) is 11.3.